The molecule has 0 saturated carbocycles. The van der Waals surface area contributed by atoms with E-state index in [4.69, 9.17) is 5.73 Å². The first-order valence-electron chi connectivity index (χ1n) is 5.98. The zero-order valence-electron chi connectivity index (χ0n) is 11.2. The van der Waals surface area contributed by atoms with E-state index < -0.39 is 0 Å². The van der Waals surface area contributed by atoms with Crippen LogP contribution in [0.4, 0.5) is 11.6 Å². The Morgan fingerprint density at radius 2 is 1.88 bits per heavy atom. The Bertz CT molecular complexity index is 320. The van der Waals surface area contributed by atoms with Crippen molar-refractivity contribution in [3.63, 3.8) is 0 Å². The number of rotatable bonds is 6. The van der Waals surface area contributed by atoms with Crippen molar-refractivity contribution < 1.29 is 0 Å². The molecule has 96 valence electrons. The maximum absolute atomic E-state index is 5.55. The van der Waals surface area contributed by atoms with Crippen LogP contribution in [0.15, 0.2) is 12.1 Å². The highest BCUT2D eigenvalue weighted by Crippen LogP contribution is 2.12. The molecule has 0 unspecified atom stereocenters. The quantitative estimate of drug-likeness (QED) is 0.802. The van der Waals surface area contributed by atoms with Gasteiger partial charge in [0.15, 0.2) is 5.82 Å². The minimum atomic E-state index is 0.464. The van der Waals surface area contributed by atoms with E-state index in [0.29, 0.717) is 11.7 Å². The average Bonchev–Trinajstić information content (AvgIpc) is 2.25. The Kier molecular flexibility index (Phi) is 5.15. The van der Waals surface area contributed by atoms with Gasteiger partial charge in [-0.1, -0.05) is 13.8 Å². The number of nitrogens with two attached hydrogens (primary N) is 1. The van der Waals surface area contributed by atoms with Crippen molar-refractivity contribution in [1.82, 2.24) is 15.1 Å². The van der Waals surface area contributed by atoms with Gasteiger partial charge in [-0.15, -0.1) is 10.2 Å². The van der Waals surface area contributed by atoms with E-state index in [9.17, 15) is 0 Å². The molecular formula is C12H23N5. The fourth-order valence-corrected chi connectivity index (χ4v) is 1.57. The monoisotopic (exact) mass is 237 g/mol. The van der Waals surface area contributed by atoms with Gasteiger partial charge in [0.1, 0.15) is 5.82 Å². The molecule has 0 radical (unpaired) electrons. The van der Waals surface area contributed by atoms with Gasteiger partial charge >= 0.3 is 0 Å². The zero-order valence-corrected chi connectivity index (χ0v) is 11.2. The van der Waals surface area contributed by atoms with Gasteiger partial charge in [-0.05, 0) is 32.1 Å². The summed E-state index contributed by atoms with van der Waals surface area (Å²) in [6.07, 6.45) is 0. The Morgan fingerprint density at radius 1 is 1.18 bits per heavy atom. The summed E-state index contributed by atoms with van der Waals surface area (Å²) in [6.45, 7) is 7.33. The smallest absolute Gasteiger partial charge is 0.151 e. The summed E-state index contributed by atoms with van der Waals surface area (Å²) < 4.78 is 0. The lowest BCUT2D eigenvalue weighted by molar-refractivity contribution is 0.408. The largest absolute Gasteiger partial charge is 0.382 e. The van der Waals surface area contributed by atoms with Crippen LogP contribution in [0.5, 0.6) is 0 Å². The molecule has 5 nitrogen and oxygen atoms in total. The van der Waals surface area contributed by atoms with Gasteiger partial charge < -0.3 is 15.5 Å². The fraction of sp³-hybridized carbons (Fsp3) is 0.667. The molecule has 1 heterocycles. The Balaban J connectivity index is 2.70. The maximum atomic E-state index is 5.55. The van der Waals surface area contributed by atoms with E-state index in [1.807, 2.05) is 6.07 Å². The summed E-state index contributed by atoms with van der Waals surface area (Å²) in [4.78, 5) is 4.41. The molecule has 0 saturated heterocycles. The van der Waals surface area contributed by atoms with Crippen molar-refractivity contribution in [1.29, 1.82) is 0 Å². The van der Waals surface area contributed by atoms with E-state index in [2.05, 4.69) is 47.9 Å². The molecule has 5 heteroatoms. The van der Waals surface area contributed by atoms with Gasteiger partial charge in [-0.3, -0.25) is 0 Å². The summed E-state index contributed by atoms with van der Waals surface area (Å²) in [5.74, 6) is 1.96. The molecule has 1 aromatic heterocycles. The van der Waals surface area contributed by atoms with Crippen LogP contribution >= 0.6 is 0 Å². The molecule has 0 fully saturated rings. The normalized spacial score (nSPS) is 11.2. The van der Waals surface area contributed by atoms with Crippen LogP contribution in [0.3, 0.4) is 0 Å². The molecule has 1 aromatic rings. The minimum absolute atomic E-state index is 0.464. The van der Waals surface area contributed by atoms with E-state index in [1.54, 1.807) is 6.07 Å². The van der Waals surface area contributed by atoms with Crippen molar-refractivity contribution in [3.05, 3.63) is 12.1 Å². The van der Waals surface area contributed by atoms with Crippen LogP contribution in [-0.2, 0) is 0 Å². The fourth-order valence-electron chi connectivity index (χ4n) is 1.57. The highest BCUT2D eigenvalue weighted by atomic mass is 15.3. The van der Waals surface area contributed by atoms with Crippen molar-refractivity contribution in [2.24, 2.45) is 5.92 Å². The molecule has 0 bridgehead atoms. The highest BCUT2D eigenvalue weighted by Gasteiger charge is 2.10. The SMILES string of the molecule is CC(C)CN(CCN(C)C)c1ccc(N)nn1. The van der Waals surface area contributed by atoms with Gasteiger partial charge in [0.25, 0.3) is 0 Å². The number of hydrogen-bond acceptors (Lipinski definition) is 5. The minimum Gasteiger partial charge on any atom is -0.382 e. The van der Waals surface area contributed by atoms with E-state index in [1.165, 1.54) is 0 Å². The predicted octanol–water partition coefficient (Wildman–Crippen LogP) is 1.08. The molecule has 0 aliphatic heterocycles. The summed E-state index contributed by atoms with van der Waals surface area (Å²) in [5, 5.41) is 8.05. The van der Waals surface area contributed by atoms with Crippen LogP contribution < -0.4 is 10.6 Å². The predicted molar refractivity (Wildman–Crippen MR) is 72.0 cm³/mol. The van der Waals surface area contributed by atoms with Gasteiger partial charge in [-0.2, -0.15) is 0 Å². The first-order valence-corrected chi connectivity index (χ1v) is 5.98. The Labute approximate surface area is 104 Å². The number of likely N-dealkylation sites (N-methyl/N-ethyl adjacent to an activating group) is 1. The van der Waals surface area contributed by atoms with Crippen molar-refractivity contribution in [2.45, 2.75) is 13.8 Å². The lowest BCUT2D eigenvalue weighted by atomic mass is 10.2. The van der Waals surface area contributed by atoms with Gasteiger partial charge in [0.2, 0.25) is 0 Å². The number of hydrogen-bond donors (Lipinski definition) is 1. The first-order chi connectivity index (χ1) is 7.99. The summed E-state index contributed by atoms with van der Waals surface area (Å²) >= 11 is 0. The van der Waals surface area contributed by atoms with Crippen molar-refractivity contribution in [2.75, 3.05) is 44.4 Å². The third kappa shape index (κ3) is 4.99. The van der Waals surface area contributed by atoms with E-state index >= 15 is 0 Å². The number of anilines is 2. The molecule has 0 atom stereocenters. The molecule has 0 aromatic carbocycles. The second kappa shape index (κ2) is 6.39. The molecule has 0 amide bonds. The third-order valence-electron chi connectivity index (χ3n) is 2.40. The lowest BCUT2D eigenvalue weighted by Crippen LogP contribution is -2.35. The second-order valence-electron chi connectivity index (χ2n) is 4.96. The van der Waals surface area contributed by atoms with Crippen molar-refractivity contribution >= 4 is 11.6 Å². The Hall–Kier alpha value is -1.36. The second-order valence-corrected chi connectivity index (χ2v) is 4.96. The standard InChI is InChI=1S/C12H23N5/c1-10(2)9-17(8-7-16(3)4)12-6-5-11(13)14-15-12/h5-6,10H,7-9H2,1-4H3,(H2,13,14). The molecule has 1 rings (SSSR count). The average molecular weight is 237 g/mol. The van der Waals surface area contributed by atoms with Gasteiger partial charge in [0.05, 0.1) is 0 Å². The van der Waals surface area contributed by atoms with Crippen LogP contribution in [0.2, 0.25) is 0 Å². The molecular weight excluding hydrogens is 214 g/mol. The van der Waals surface area contributed by atoms with Crippen LogP contribution in [0.25, 0.3) is 0 Å². The zero-order chi connectivity index (χ0) is 12.8. The summed E-state index contributed by atoms with van der Waals surface area (Å²) in [5.41, 5.74) is 5.55. The molecule has 0 aliphatic rings. The van der Waals surface area contributed by atoms with Crippen molar-refractivity contribution in [3.8, 4) is 0 Å². The maximum Gasteiger partial charge on any atom is 0.151 e. The van der Waals surface area contributed by atoms with Crippen LogP contribution in [0, 0.1) is 5.92 Å². The molecule has 2 N–H and O–H groups in total. The Morgan fingerprint density at radius 3 is 2.35 bits per heavy atom. The van der Waals surface area contributed by atoms with E-state index in [0.717, 1.165) is 25.5 Å². The summed E-state index contributed by atoms with van der Waals surface area (Å²) in [7, 11) is 4.14. The topological polar surface area (TPSA) is 58.3 Å². The van der Waals surface area contributed by atoms with Gasteiger partial charge in [-0.25, -0.2) is 0 Å². The third-order valence-corrected chi connectivity index (χ3v) is 2.40. The highest BCUT2D eigenvalue weighted by molar-refractivity contribution is 5.41. The number of aromatic nitrogens is 2. The first kappa shape index (κ1) is 13.7. The molecule has 17 heavy (non-hydrogen) atoms. The van der Waals surface area contributed by atoms with Crippen LogP contribution in [-0.4, -0.2) is 48.8 Å². The van der Waals surface area contributed by atoms with E-state index in [-0.39, 0.29) is 0 Å². The summed E-state index contributed by atoms with van der Waals surface area (Å²) in [6, 6.07) is 3.73. The number of nitrogens with zero attached hydrogens (tertiary/aromatic N) is 4. The van der Waals surface area contributed by atoms with Crippen LogP contribution in [0.1, 0.15) is 13.8 Å². The van der Waals surface area contributed by atoms with Gasteiger partial charge in [0, 0.05) is 19.6 Å². The molecule has 0 aliphatic carbocycles. The molecule has 0 spiro atoms. The number of nitrogen functional groups attached to an aromatic ring is 1. The lowest BCUT2D eigenvalue weighted by Gasteiger charge is -2.26.